The molecule has 0 heterocycles. The first-order chi connectivity index (χ1) is 7.45. The van der Waals surface area contributed by atoms with Crippen LogP contribution in [0, 0.1) is 5.41 Å². The topological polar surface area (TPSA) is 57.5 Å². The first kappa shape index (κ1) is 12.3. The molecule has 0 bridgehead atoms. The van der Waals surface area contributed by atoms with E-state index in [0.29, 0.717) is 6.42 Å². The summed E-state index contributed by atoms with van der Waals surface area (Å²) >= 11 is 0. The molecule has 86 valence electrons. The number of carbonyl (C=O) groups is 1. The van der Waals surface area contributed by atoms with E-state index in [-0.39, 0.29) is 12.2 Å². The number of phenolic OH excluding ortho intramolecular Hbond substituents is 1. The van der Waals surface area contributed by atoms with Gasteiger partial charge < -0.3 is 10.2 Å². The number of aromatic hydroxyl groups is 1. The molecule has 0 spiro atoms. The van der Waals surface area contributed by atoms with Crippen LogP contribution in [0.2, 0.25) is 0 Å². The Bertz CT molecular complexity index is 381. The fourth-order valence-electron chi connectivity index (χ4n) is 1.63. The smallest absolute Gasteiger partial charge is 0.304 e. The predicted octanol–water partition coefficient (Wildman–Crippen LogP) is 2.60. The van der Waals surface area contributed by atoms with Crippen molar-refractivity contribution < 1.29 is 15.0 Å². The Morgan fingerprint density at radius 1 is 1.44 bits per heavy atom. The molecule has 0 aliphatic heterocycles. The molecular formula is C13H16O3. The molecule has 0 saturated carbocycles. The Morgan fingerprint density at radius 3 is 2.44 bits per heavy atom. The van der Waals surface area contributed by atoms with Gasteiger partial charge >= 0.3 is 5.97 Å². The number of hydrogen-bond acceptors (Lipinski definition) is 2. The van der Waals surface area contributed by atoms with E-state index in [1.54, 1.807) is 30.3 Å². The SMILES string of the molecule is C=CC(C)(CC(=O)O)Cc1ccc(O)cc1. The average Bonchev–Trinajstić information content (AvgIpc) is 2.20. The van der Waals surface area contributed by atoms with Gasteiger partial charge in [0.25, 0.3) is 0 Å². The lowest BCUT2D eigenvalue weighted by atomic mass is 9.81. The molecule has 1 atom stereocenters. The van der Waals surface area contributed by atoms with Gasteiger partial charge in [-0.05, 0) is 29.5 Å². The molecule has 1 aromatic carbocycles. The highest BCUT2D eigenvalue weighted by molar-refractivity contribution is 5.68. The van der Waals surface area contributed by atoms with Gasteiger partial charge in [0.1, 0.15) is 5.75 Å². The van der Waals surface area contributed by atoms with Crippen molar-refractivity contribution in [2.24, 2.45) is 5.41 Å². The van der Waals surface area contributed by atoms with Crippen LogP contribution in [0.3, 0.4) is 0 Å². The Morgan fingerprint density at radius 2 is 2.00 bits per heavy atom. The Labute approximate surface area is 95.0 Å². The van der Waals surface area contributed by atoms with Crippen LogP contribution < -0.4 is 0 Å². The molecule has 1 unspecified atom stereocenters. The summed E-state index contributed by atoms with van der Waals surface area (Å²) in [7, 11) is 0. The normalized spacial score (nSPS) is 14.1. The number of aliphatic carboxylic acids is 1. The van der Waals surface area contributed by atoms with Crippen LogP contribution in [0.5, 0.6) is 5.75 Å². The molecule has 0 aliphatic rings. The van der Waals surface area contributed by atoms with Crippen molar-refractivity contribution in [1.29, 1.82) is 0 Å². The van der Waals surface area contributed by atoms with E-state index in [0.717, 1.165) is 5.56 Å². The molecule has 0 aromatic heterocycles. The highest BCUT2D eigenvalue weighted by Gasteiger charge is 2.24. The van der Waals surface area contributed by atoms with E-state index in [2.05, 4.69) is 6.58 Å². The fourth-order valence-corrected chi connectivity index (χ4v) is 1.63. The lowest BCUT2D eigenvalue weighted by Crippen LogP contribution is -2.20. The quantitative estimate of drug-likeness (QED) is 0.750. The molecule has 3 heteroatoms. The summed E-state index contributed by atoms with van der Waals surface area (Å²) in [6.45, 7) is 5.55. The monoisotopic (exact) mass is 220 g/mol. The summed E-state index contributed by atoms with van der Waals surface area (Å²) in [6, 6.07) is 6.77. The van der Waals surface area contributed by atoms with Gasteiger partial charge in [-0.1, -0.05) is 25.1 Å². The number of phenols is 1. The van der Waals surface area contributed by atoms with E-state index in [9.17, 15) is 4.79 Å². The molecule has 1 rings (SSSR count). The highest BCUT2D eigenvalue weighted by Crippen LogP contribution is 2.28. The number of hydrogen-bond donors (Lipinski definition) is 2. The maximum absolute atomic E-state index is 10.7. The van der Waals surface area contributed by atoms with Crippen molar-refractivity contribution in [3.05, 3.63) is 42.5 Å². The minimum Gasteiger partial charge on any atom is -0.508 e. The van der Waals surface area contributed by atoms with Gasteiger partial charge in [-0.2, -0.15) is 0 Å². The van der Waals surface area contributed by atoms with Crippen molar-refractivity contribution >= 4 is 5.97 Å². The van der Waals surface area contributed by atoms with Gasteiger partial charge in [0, 0.05) is 0 Å². The highest BCUT2D eigenvalue weighted by atomic mass is 16.4. The predicted molar refractivity (Wildman–Crippen MR) is 62.4 cm³/mol. The first-order valence-electron chi connectivity index (χ1n) is 5.08. The maximum Gasteiger partial charge on any atom is 0.304 e. The second-order valence-electron chi connectivity index (χ2n) is 4.27. The summed E-state index contributed by atoms with van der Waals surface area (Å²) in [5, 5.41) is 18.0. The molecule has 2 N–H and O–H groups in total. The third-order valence-corrected chi connectivity index (χ3v) is 2.59. The number of allylic oxidation sites excluding steroid dienone is 1. The van der Waals surface area contributed by atoms with Crippen LogP contribution in [0.1, 0.15) is 18.9 Å². The summed E-state index contributed by atoms with van der Waals surface area (Å²) in [5.41, 5.74) is 0.532. The van der Waals surface area contributed by atoms with Crippen molar-refractivity contribution in [3.63, 3.8) is 0 Å². The van der Waals surface area contributed by atoms with Gasteiger partial charge in [-0.25, -0.2) is 0 Å². The zero-order valence-corrected chi connectivity index (χ0v) is 9.31. The van der Waals surface area contributed by atoms with Gasteiger partial charge in [0.15, 0.2) is 0 Å². The van der Waals surface area contributed by atoms with Gasteiger partial charge in [-0.3, -0.25) is 4.79 Å². The molecule has 0 fully saturated rings. The molecule has 1 aromatic rings. The maximum atomic E-state index is 10.7. The summed E-state index contributed by atoms with van der Waals surface area (Å²) in [4.78, 5) is 10.7. The zero-order valence-electron chi connectivity index (χ0n) is 9.31. The first-order valence-corrected chi connectivity index (χ1v) is 5.08. The van der Waals surface area contributed by atoms with Crippen LogP contribution in [0.4, 0.5) is 0 Å². The third kappa shape index (κ3) is 3.42. The summed E-state index contributed by atoms with van der Waals surface area (Å²) in [6.07, 6.45) is 2.33. The van der Waals surface area contributed by atoms with E-state index < -0.39 is 11.4 Å². The molecule has 0 radical (unpaired) electrons. The summed E-state index contributed by atoms with van der Waals surface area (Å²) in [5.74, 6) is -0.622. The number of carboxylic acid groups (broad SMARTS) is 1. The zero-order chi connectivity index (χ0) is 12.2. The van der Waals surface area contributed by atoms with Crippen molar-refractivity contribution in [3.8, 4) is 5.75 Å². The van der Waals surface area contributed by atoms with Crippen LogP contribution in [-0.2, 0) is 11.2 Å². The van der Waals surface area contributed by atoms with Crippen molar-refractivity contribution in [1.82, 2.24) is 0 Å². The Hall–Kier alpha value is -1.77. The average molecular weight is 220 g/mol. The number of rotatable bonds is 5. The lowest BCUT2D eigenvalue weighted by molar-refractivity contribution is -0.138. The number of benzene rings is 1. The standard InChI is InChI=1S/C13H16O3/c1-3-13(2,9-12(15)16)8-10-4-6-11(14)7-5-10/h3-7,14H,1,8-9H2,2H3,(H,15,16). The second kappa shape index (κ2) is 4.84. The molecule has 3 nitrogen and oxygen atoms in total. The lowest BCUT2D eigenvalue weighted by Gasteiger charge is -2.23. The van der Waals surface area contributed by atoms with Gasteiger partial charge in [-0.15, -0.1) is 6.58 Å². The second-order valence-corrected chi connectivity index (χ2v) is 4.27. The minimum absolute atomic E-state index is 0.0530. The molecular weight excluding hydrogens is 204 g/mol. The van der Waals surface area contributed by atoms with Crippen LogP contribution in [0.15, 0.2) is 36.9 Å². The van der Waals surface area contributed by atoms with E-state index in [4.69, 9.17) is 10.2 Å². The number of carboxylic acids is 1. The fraction of sp³-hybridized carbons (Fsp3) is 0.308. The van der Waals surface area contributed by atoms with Crippen LogP contribution in [0.25, 0.3) is 0 Å². The summed E-state index contributed by atoms with van der Waals surface area (Å²) < 4.78 is 0. The Kier molecular flexibility index (Phi) is 3.72. The molecule has 0 amide bonds. The van der Waals surface area contributed by atoms with Gasteiger partial charge in [0.2, 0.25) is 0 Å². The van der Waals surface area contributed by atoms with Crippen LogP contribution >= 0.6 is 0 Å². The van der Waals surface area contributed by atoms with E-state index >= 15 is 0 Å². The van der Waals surface area contributed by atoms with Crippen LogP contribution in [-0.4, -0.2) is 16.2 Å². The Balaban J connectivity index is 2.80. The molecule has 16 heavy (non-hydrogen) atoms. The minimum atomic E-state index is -0.832. The third-order valence-electron chi connectivity index (χ3n) is 2.59. The molecule has 0 saturated heterocycles. The van der Waals surface area contributed by atoms with E-state index in [1.807, 2.05) is 6.92 Å². The van der Waals surface area contributed by atoms with Crippen molar-refractivity contribution in [2.45, 2.75) is 19.8 Å². The largest absolute Gasteiger partial charge is 0.508 e. The van der Waals surface area contributed by atoms with E-state index in [1.165, 1.54) is 0 Å². The molecule has 0 aliphatic carbocycles. The van der Waals surface area contributed by atoms with Gasteiger partial charge in [0.05, 0.1) is 6.42 Å². The van der Waals surface area contributed by atoms with Crippen molar-refractivity contribution in [2.75, 3.05) is 0 Å².